The van der Waals surface area contributed by atoms with Gasteiger partial charge in [-0.3, -0.25) is 0 Å². The third-order valence-corrected chi connectivity index (χ3v) is 2.11. The smallest absolute Gasteiger partial charge is 0.110 e. The molecular formula is C11H13N3. The van der Waals surface area contributed by atoms with Crippen LogP contribution in [0.2, 0.25) is 0 Å². The first-order chi connectivity index (χ1) is 6.88. The molecular weight excluding hydrogens is 174 g/mol. The number of benzene rings is 1. The van der Waals surface area contributed by atoms with Crippen molar-refractivity contribution in [1.29, 1.82) is 0 Å². The molecule has 0 saturated carbocycles. The second kappa shape index (κ2) is 3.96. The maximum atomic E-state index is 4.18. The lowest BCUT2D eigenvalue weighted by atomic mass is 10.2. The summed E-state index contributed by atoms with van der Waals surface area (Å²) in [6.07, 6.45) is 4.75. The van der Waals surface area contributed by atoms with E-state index in [4.69, 9.17) is 0 Å². The first-order valence-corrected chi connectivity index (χ1v) is 4.65. The normalized spacial score (nSPS) is 13.9. The van der Waals surface area contributed by atoms with E-state index in [1.54, 1.807) is 0 Å². The van der Waals surface area contributed by atoms with Crippen LogP contribution in [0, 0.1) is 0 Å². The molecule has 0 aromatic heterocycles. The van der Waals surface area contributed by atoms with Gasteiger partial charge in [-0.05, 0) is 24.3 Å². The zero-order valence-corrected chi connectivity index (χ0v) is 8.12. The van der Waals surface area contributed by atoms with E-state index >= 15 is 0 Å². The van der Waals surface area contributed by atoms with Gasteiger partial charge in [0.1, 0.15) is 5.84 Å². The van der Waals surface area contributed by atoms with Crippen LogP contribution in [0.25, 0.3) is 0 Å². The minimum absolute atomic E-state index is 0.897. The monoisotopic (exact) mass is 187 g/mol. The molecule has 0 bridgehead atoms. The van der Waals surface area contributed by atoms with Gasteiger partial charge in [-0.15, -0.1) is 0 Å². The first-order valence-electron chi connectivity index (χ1n) is 4.65. The second-order valence-corrected chi connectivity index (χ2v) is 3.12. The zero-order chi connectivity index (χ0) is 9.80. The summed E-state index contributed by atoms with van der Waals surface area (Å²) < 4.78 is 0. The molecule has 2 rings (SSSR count). The van der Waals surface area contributed by atoms with Gasteiger partial charge in [-0.2, -0.15) is 0 Å². The molecule has 1 aromatic rings. The molecule has 0 spiro atoms. The van der Waals surface area contributed by atoms with Crippen molar-refractivity contribution in [3.63, 3.8) is 0 Å². The summed E-state index contributed by atoms with van der Waals surface area (Å²) in [4.78, 5) is 4.18. The maximum absolute atomic E-state index is 4.18. The predicted octanol–water partition coefficient (Wildman–Crippen LogP) is 2.46. The fraction of sp³-hybridized carbons (Fsp3) is 0.182. The number of nitrogens with zero attached hydrogens (tertiary/aromatic N) is 1. The molecule has 0 saturated heterocycles. The molecule has 0 fully saturated rings. The average molecular weight is 187 g/mol. The summed E-state index contributed by atoms with van der Waals surface area (Å²) in [5.41, 5.74) is 2.19. The summed E-state index contributed by atoms with van der Waals surface area (Å²) in [7, 11) is 1.91. The van der Waals surface area contributed by atoms with Crippen LogP contribution >= 0.6 is 0 Å². The van der Waals surface area contributed by atoms with Crippen molar-refractivity contribution < 1.29 is 0 Å². The van der Waals surface area contributed by atoms with Crippen LogP contribution < -0.4 is 10.6 Å². The van der Waals surface area contributed by atoms with Crippen molar-refractivity contribution in [2.45, 2.75) is 6.42 Å². The van der Waals surface area contributed by atoms with Crippen LogP contribution in [0.5, 0.6) is 0 Å². The summed E-state index contributed by atoms with van der Waals surface area (Å²) in [5.74, 6) is 1.00. The van der Waals surface area contributed by atoms with E-state index in [0.717, 1.165) is 23.6 Å². The molecule has 0 radical (unpaired) electrons. The highest BCUT2D eigenvalue weighted by Crippen LogP contribution is 2.14. The van der Waals surface area contributed by atoms with Gasteiger partial charge in [0.25, 0.3) is 0 Å². The summed E-state index contributed by atoms with van der Waals surface area (Å²) in [5, 5.41) is 6.33. The number of hydrogen-bond donors (Lipinski definition) is 2. The van der Waals surface area contributed by atoms with E-state index in [2.05, 4.69) is 15.6 Å². The molecule has 1 aliphatic rings. The minimum Gasteiger partial charge on any atom is -0.388 e. The highest BCUT2D eigenvalue weighted by Gasteiger charge is 2.00. The van der Waals surface area contributed by atoms with E-state index in [0.29, 0.717) is 0 Å². The zero-order valence-electron chi connectivity index (χ0n) is 8.12. The molecule has 0 unspecified atom stereocenters. The van der Waals surface area contributed by atoms with E-state index in [9.17, 15) is 0 Å². The topological polar surface area (TPSA) is 36.4 Å². The Bertz CT molecular complexity index is 363. The van der Waals surface area contributed by atoms with Crippen LogP contribution in [-0.2, 0) is 0 Å². The van der Waals surface area contributed by atoms with E-state index in [1.165, 1.54) is 0 Å². The van der Waals surface area contributed by atoms with Gasteiger partial charge in [-0.25, -0.2) is 4.99 Å². The Labute approximate surface area is 83.6 Å². The lowest BCUT2D eigenvalue weighted by molar-refractivity contribution is 1.46. The molecule has 1 aromatic carbocycles. The standard InChI is InChI=1S/C11H13N3/c1-12-9-4-6-10(7-5-9)14-11-3-2-8-13-11/h2,4-8,12H,3H2,1H3,(H,13,14). The van der Waals surface area contributed by atoms with Gasteiger partial charge in [0.05, 0.1) is 0 Å². The van der Waals surface area contributed by atoms with Crippen LogP contribution in [-0.4, -0.2) is 12.9 Å². The Morgan fingerprint density at radius 3 is 2.43 bits per heavy atom. The van der Waals surface area contributed by atoms with E-state index in [-0.39, 0.29) is 0 Å². The van der Waals surface area contributed by atoms with Crippen LogP contribution in [0.3, 0.4) is 0 Å². The van der Waals surface area contributed by atoms with Gasteiger partial charge >= 0.3 is 0 Å². The molecule has 0 aliphatic carbocycles. The highest BCUT2D eigenvalue weighted by atomic mass is 15.0. The number of rotatable bonds is 2. The number of amidine groups is 1. The molecule has 2 N–H and O–H groups in total. The Morgan fingerprint density at radius 1 is 1.14 bits per heavy atom. The van der Waals surface area contributed by atoms with Gasteiger partial charge in [0.2, 0.25) is 0 Å². The van der Waals surface area contributed by atoms with Gasteiger partial charge in [-0.1, -0.05) is 6.08 Å². The van der Waals surface area contributed by atoms with Gasteiger partial charge < -0.3 is 10.6 Å². The highest BCUT2D eigenvalue weighted by molar-refractivity contribution is 5.98. The molecule has 0 amide bonds. The number of anilines is 2. The third-order valence-electron chi connectivity index (χ3n) is 2.11. The lowest BCUT2D eigenvalue weighted by Crippen LogP contribution is -2.08. The predicted molar refractivity (Wildman–Crippen MR) is 60.8 cm³/mol. The minimum atomic E-state index is 0.897. The fourth-order valence-electron chi connectivity index (χ4n) is 1.33. The summed E-state index contributed by atoms with van der Waals surface area (Å²) >= 11 is 0. The number of hydrogen-bond acceptors (Lipinski definition) is 3. The molecule has 3 heteroatoms. The third kappa shape index (κ3) is 1.93. The molecule has 1 heterocycles. The molecule has 14 heavy (non-hydrogen) atoms. The first kappa shape index (κ1) is 8.81. The maximum Gasteiger partial charge on any atom is 0.110 e. The lowest BCUT2D eigenvalue weighted by Gasteiger charge is -2.06. The number of aliphatic imine (C=N–C) groups is 1. The number of nitrogens with one attached hydrogen (secondary N) is 2. The van der Waals surface area contributed by atoms with Crippen molar-refractivity contribution >= 4 is 17.2 Å². The molecule has 72 valence electrons. The van der Waals surface area contributed by atoms with Gasteiger partial charge in [0, 0.05) is 31.0 Å². The van der Waals surface area contributed by atoms with Crippen LogP contribution in [0.4, 0.5) is 11.4 Å². The quantitative estimate of drug-likeness (QED) is 0.746. The van der Waals surface area contributed by atoms with Crippen LogP contribution in [0.15, 0.2) is 41.5 Å². The van der Waals surface area contributed by atoms with Crippen LogP contribution in [0.1, 0.15) is 6.42 Å². The second-order valence-electron chi connectivity index (χ2n) is 3.12. The van der Waals surface area contributed by atoms with E-state index in [1.807, 2.05) is 43.6 Å². The Hall–Kier alpha value is -1.77. The molecule has 0 atom stereocenters. The van der Waals surface area contributed by atoms with Crippen molar-refractivity contribution in [2.24, 2.45) is 4.99 Å². The Balaban J connectivity index is 2.03. The Morgan fingerprint density at radius 2 is 1.86 bits per heavy atom. The molecule has 3 nitrogen and oxygen atoms in total. The fourth-order valence-corrected chi connectivity index (χ4v) is 1.33. The van der Waals surface area contributed by atoms with Crippen molar-refractivity contribution in [3.8, 4) is 0 Å². The van der Waals surface area contributed by atoms with Gasteiger partial charge in [0.15, 0.2) is 0 Å². The summed E-state index contributed by atoms with van der Waals surface area (Å²) in [6, 6.07) is 8.13. The average Bonchev–Trinajstić information content (AvgIpc) is 2.72. The summed E-state index contributed by atoms with van der Waals surface area (Å²) in [6.45, 7) is 0. The van der Waals surface area contributed by atoms with Crippen molar-refractivity contribution in [3.05, 3.63) is 36.5 Å². The SMILES string of the molecule is CNc1ccc(NC2=NC=CC2)cc1. The Kier molecular flexibility index (Phi) is 2.49. The van der Waals surface area contributed by atoms with Crippen molar-refractivity contribution in [2.75, 3.05) is 17.7 Å². The largest absolute Gasteiger partial charge is 0.388 e. The van der Waals surface area contributed by atoms with Crippen molar-refractivity contribution in [1.82, 2.24) is 0 Å². The van der Waals surface area contributed by atoms with E-state index < -0.39 is 0 Å². The molecule has 1 aliphatic heterocycles.